The number of aromatic nitrogens is 2. The summed E-state index contributed by atoms with van der Waals surface area (Å²) in [5.74, 6) is 0.550. The molecular weight excluding hydrogens is 430 g/mol. The van der Waals surface area contributed by atoms with Crippen LogP contribution < -0.4 is 4.90 Å². The molecule has 1 unspecified atom stereocenters. The largest absolute Gasteiger partial charge is 0.311 e. The molecule has 3 aromatic rings. The summed E-state index contributed by atoms with van der Waals surface area (Å²) in [6, 6.07) is 11.1. The molecule has 29 heavy (non-hydrogen) atoms. The lowest BCUT2D eigenvalue weighted by Gasteiger charge is -2.26. The van der Waals surface area contributed by atoms with Crippen molar-refractivity contribution in [1.29, 1.82) is 0 Å². The van der Waals surface area contributed by atoms with Gasteiger partial charge in [-0.25, -0.2) is 4.98 Å². The summed E-state index contributed by atoms with van der Waals surface area (Å²) in [6.45, 7) is 0.476. The Bertz CT molecular complexity index is 1070. The van der Waals surface area contributed by atoms with Gasteiger partial charge in [-0.2, -0.15) is 0 Å². The number of benzene rings is 1. The van der Waals surface area contributed by atoms with E-state index in [1.54, 1.807) is 23.4 Å². The molecule has 1 aliphatic heterocycles. The Labute approximate surface area is 179 Å². The van der Waals surface area contributed by atoms with Crippen LogP contribution in [0, 0.1) is 0 Å². The number of carbonyl (C=O) groups is 2. The molecule has 0 saturated carbocycles. The molecular formula is C20H18ClN3O3S2. The summed E-state index contributed by atoms with van der Waals surface area (Å²) < 4.78 is 14.0. The molecule has 0 radical (unpaired) electrons. The fraction of sp³-hybridized carbons (Fsp3) is 0.250. The molecule has 1 atom stereocenters. The molecule has 1 aromatic carbocycles. The summed E-state index contributed by atoms with van der Waals surface area (Å²) in [7, 11) is -1.05. The highest BCUT2D eigenvalue weighted by Crippen LogP contribution is 2.23. The molecule has 1 aliphatic rings. The van der Waals surface area contributed by atoms with E-state index in [4.69, 9.17) is 11.6 Å². The lowest BCUT2D eigenvalue weighted by atomic mass is 10.1. The monoisotopic (exact) mass is 447 g/mol. The first-order chi connectivity index (χ1) is 14.0. The number of aryl methyl sites for hydroxylation is 1. The Hall–Kier alpha value is -2.29. The second-order valence-electron chi connectivity index (χ2n) is 6.65. The summed E-state index contributed by atoms with van der Waals surface area (Å²) >= 11 is 7.17. The average Bonchev–Trinajstić information content (AvgIpc) is 3.36. The molecule has 2 aromatic heterocycles. The van der Waals surface area contributed by atoms with Crippen LogP contribution in [0.5, 0.6) is 0 Å². The van der Waals surface area contributed by atoms with Crippen molar-refractivity contribution in [2.45, 2.75) is 12.8 Å². The minimum Gasteiger partial charge on any atom is -0.311 e. The maximum atomic E-state index is 12.2. The molecule has 4 rings (SSSR count). The van der Waals surface area contributed by atoms with E-state index in [0.29, 0.717) is 34.4 Å². The van der Waals surface area contributed by atoms with Crippen LogP contribution in [0.1, 0.15) is 21.8 Å². The summed E-state index contributed by atoms with van der Waals surface area (Å²) in [4.78, 5) is 31.0. The van der Waals surface area contributed by atoms with Crippen molar-refractivity contribution in [2.24, 2.45) is 0 Å². The van der Waals surface area contributed by atoms with Gasteiger partial charge in [0.15, 0.2) is 5.78 Å². The molecule has 1 saturated heterocycles. The molecule has 9 heteroatoms. The number of hydrogen-bond acceptors (Lipinski definition) is 5. The fourth-order valence-electron chi connectivity index (χ4n) is 3.15. The van der Waals surface area contributed by atoms with Gasteiger partial charge in [-0.05, 0) is 42.8 Å². The van der Waals surface area contributed by atoms with Gasteiger partial charge in [-0.1, -0.05) is 11.6 Å². The average molecular weight is 448 g/mol. The first kappa shape index (κ1) is 20.0. The van der Waals surface area contributed by atoms with Crippen LogP contribution >= 0.6 is 22.9 Å². The van der Waals surface area contributed by atoms with Crippen molar-refractivity contribution in [2.75, 3.05) is 23.0 Å². The number of rotatable bonds is 6. The SMILES string of the molecule is O=C(CCc1cn(-c2ccc(N3CCS(=O)CC3=O)cc2)cn1)c1ccc(Cl)s1. The molecule has 0 bridgehead atoms. The van der Waals surface area contributed by atoms with Crippen LogP contribution in [0.4, 0.5) is 5.69 Å². The number of nitrogens with zero attached hydrogens (tertiary/aromatic N) is 3. The second-order valence-corrected chi connectivity index (χ2v) is 9.94. The van der Waals surface area contributed by atoms with Crippen LogP contribution in [0.2, 0.25) is 4.34 Å². The first-order valence-corrected chi connectivity index (χ1v) is 11.7. The van der Waals surface area contributed by atoms with E-state index in [1.807, 2.05) is 35.0 Å². The number of imidazole rings is 1. The van der Waals surface area contributed by atoms with E-state index in [-0.39, 0.29) is 17.4 Å². The number of hydrogen-bond donors (Lipinski definition) is 0. The van der Waals surface area contributed by atoms with Crippen LogP contribution in [0.25, 0.3) is 5.69 Å². The van der Waals surface area contributed by atoms with Gasteiger partial charge in [0.1, 0.15) is 5.75 Å². The molecule has 3 heterocycles. The minimum atomic E-state index is -1.05. The fourth-order valence-corrected chi connectivity index (χ4v) is 5.12. The maximum absolute atomic E-state index is 12.2. The van der Waals surface area contributed by atoms with E-state index in [0.717, 1.165) is 17.1 Å². The molecule has 0 N–H and O–H groups in total. The molecule has 6 nitrogen and oxygen atoms in total. The van der Waals surface area contributed by atoms with Crippen molar-refractivity contribution >= 4 is 51.1 Å². The summed E-state index contributed by atoms with van der Waals surface area (Å²) in [6.07, 6.45) is 4.55. The van der Waals surface area contributed by atoms with Gasteiger partial charge in [-0.3, -0.25) is 13.8 Å². The third-order valence-electron chi connectivity index (χ3n) is 4.68. The van der Waals surface area contributed by atoms with Gasteiger partial charge in [0, 0.05) is 47.1 Å². The Morgan fingerprint density at radius 3 is 2.62 bits per heavy atom. The van der Waals surface area contributed by atoms with Gasteiger partial charge in [0.25, 0.3) is 0 Å². The highest BCUT2D eigenvalue weighted by molar-refractivity contribution is 7.85. The smallest absolute Gasteiger partial charge is 0.239 e. The Morgan fingerprint density at radius 2 is 1.93 bits per heavy atom. The molecule has 150 valence electrons. The van der Waals surface area contributed by atoms with Crippen molar-refractivity contribution < 1.29 is 13.8 Å². The zero-order valence-electron chi connectivity index (χ0n) is 15.4. The lowest BCUT2D eigenvalue weighted by molar-refractivity contribution is -0.116. The van der Waals surface area contributed by atoms with E-state index in [9.17, 15) is 13.8 Å². The number of ketones is 1. The number of carbonyl (C=O) groups excluding carboxylic acids is 2. The quantitative estimate of drug-likeness (QED) is 0.542. The Morgan fingerprint density at radius 1 is 1.17 bits per heavy atom. The standard InChI is InChI=1S/C20H18ClN3O3S2/c21-19-8-7-18(28-19)17(25)6-1-14-11-23(13-22-14)15-2-4-16(5-3-15)24-9-10-29(27)12-20(24)26/h2-5,7-8,11,13H,1,6,9-10,12H2. The van der Waals surface area contributed by atoms with Crippen LogP contribution in [-0.2, 0) is 22.0 Å². The highest BCUT2D eigenvalue weighted by Gasteiger charge is 2.24. The summed E-state index contributed by atoms with van der Waals surface area (Å²) in [5, 5.41) is 0. The topological polar surface area (TPSA) is 72.3 Å². The third-order valence-corrected chi connectivity index (χ3v) is 7.16. The van der Waals surface area contributed by atoms with Crippen LogP contribution in [-0.4, -0.2) is 43.5 Å². The number of amides is 1. The molecule has 0 spiro atoms. The highest BCUT2D eigenvalue weighted by atomic mass is 35.5. The number of halogens is 1. The Balaban J connectivity index is 1.39. The van der Waals surface area contributed by atoms with Gasteiger partial charge in [0.05, 0.1) is 21.2 Å². The number of thiophene rings is 1. The van der Waals surface area contributed by atoms with E-state index in [2.05, 4.69) is 4.98 Å². The molecule has 0 aliphatic carbocycles. The number of anilines is 1. The zero-order valence-corrected chi connectivity index (χ0v) is 17.8. The van der Waals surface area contributed by atoms with Crippen molar-refractivity contribution in [3.63, 3.8) is 0 Å². The maximum Gasteiger partial charge on any atom is 0.239 e. The molecule has 1 amide bonds. The second kappa shape index (κ2) is 8.61. The lowest BCUT2D eigenvalue weighted by Crippen LogP contribution is -2.42. The minimum absolute atomic E-state index is 0.0629. The van der Waals surface area contributed by atoms with E-state index >= 15 is 0 Å². The first-order valence-electron chi connectivity index (χ1n) is 9.07. The van der Waals surface area contributed by atoms with Crippen LogP contribution in [0.15, 0.2) is 48.9 Å². The van der Waals surface area contributed by atoms with Crippen LogP contribution in [0.3, 0.4) is 0 Å². The van der Waals surface area contributed by atoms with Crippen molar-refractivity contribution in [1.82, 2.24) is 9.55 Å². The van der Waals surface area contributed by atoms with Gasteiger partial charge < -0.3 is 9.47 Å². The van der Waals surface area contributed by atoms with Gasteiger partial charge in [0.2, 0.25) is 5.91 Å². The predicted octanol–water partition coefficient (Wildman–Crippen LogP) is 3.50. The third kappa shape index (κ3) is 4.66. The number of Topliss-reactive ketones (excluding diaryl/α,β-unsaturated/α-hetero) is 1. The van der Waals surface area contributed by atoms with Crippen molar-refractivity contribution in [3.05, 3.63) is 63.8 Å². The molecule has 1 fully saturated rings. The van der Waals surface area contributed by atoms with E-state index < -0.39 is 10.8 Å². The normalized spacial score (nSPS) is 16.9. The van der Waals surface area contributed by atoms with Gasteiger partial charge in [-0.15, -0.1) is 11.3 Å². The zero-order chi connectivity index (χ0) is 20.4. The van der Waals surface area contributed by atoms with E-state index in [1.165, 1.54) is 11.3 Å². The predicted molar refractivity (Wildman–Crippen MR) is 116 cm³/mol. The summed E-state index contributed by atoms with van der Waals surface area (Å²) in [5.41, 5.74) is 2.55. The van der Waals surface area contributed by atoms with Crippen molar-refractivity contribution in [3.8, 4) is 5.69 Å². The Kier molecular flexibility index (Phi) is 5.94. The van der Waals surface area contributed by atoms with Gasteiger partial charge >= 0.3 is 0 Å².